The predicted octanol–water partition coefficient (Wildman–Crippen LogP) is 6.44. The lowest BCUT2D eigenvalue weighted by atomic mass is 9.91. The van der Waals surface area contributed by atoms with Gasteiger partial charge < -0.3 is 5.32 Å². The summed E-state index contributed by atoms with van der Waals surface area (Å²) in [6, 6.07) is 17.0. The van der Waals surface area contributed by atoms with Gasteiger partial charge in [0.15, 0.2) is 0 Å². The summed E-state index contributed by atoms with van der Waals surface area (Å²) in [6.07, 6.45) is 4.12. The van der Waals surface area contributed by atoms with Crippen molar-refractivity contribution >= 4 is 29.0 Å². The van der Waals surface area contributed by atoms with Crippen molar-refractivity contribution in [2.75, 3.05) is 6.54 Å². The minimum atomic E-state index is -3.71. The first-order chi connectivity index (χ1) is 16.7. The van der Waals surface area contributed by atoms with Gasteiger partial charge in [0.05, 0.1) is 10.4 Å². The second-order valence-electron chi connectivity index (χ2n) is 10.0. The molecule has 0 spiro atoms. The van der Waals surface area contributed by atoms with E-state index in [9.17, 15) is 8.42 Å². The Kier molecular flexibility index (Phi) is 7.61. The maximum absolute atomic E-state index is 13.7. The van der Waals surface area contributed by atoms with Crippen LogP contribution in [0.1, 0.15) is 63.1 Å². The summed E-state index contributed by atoms with van der Waals surface area (Å²) in [5.41, 5.74) is 7.50. The first kappa shape index (κ1) is 25.8. The van der Waals surface area contributed by atoms with E-state index in [1.165, 1.54) is 3.97 Å². The Hall–Kier alpha value is -2.33. The lowest BCUT2D eigenvalue weighted by molar-refractivity contribution is 0.519. The van der Waals surface area contributed by atoms with Gasteiger partial charge >= 0.3 is 0 Å². The number of aryl methyl sites for hydroxylation is 1. The molecule has 1 saturated heterocycles. The SMILES string of the molecule is CC[Si](C#Cc1ccc2c(c1)c(C(C)C1CCCN1)cn2S(=O)(=O)c1ccc(C)cc1)(CC)CC. The van der Waals surface area contributed by atoms with Crippen LogP contribution < -0.4 is 5.32 Å². The first-order valence-electron chi connectivity index (χ1n) is 13.0. The van der Waals surface area contributed by atoms with E-state index in [0.29, 0.717) is 10.9 Å². The fourth-order valence-corrected chi connectivity index (χ4v) is 9.08. The summed E-state index contributed by atoms with van der Waals surface area (Å²) in [6.45, 7) is 12.0. The predicted molar refractivity (Wildman–Crippen MR) is 149 cm³/mol. The van der Waals surface area contributed by atoms with Crippen LogP contribution in [0.2, 0.25) is 18.1 Å². The number of hydrogen-bond acceptors (Lipinski definition) is 3. The fourth-order valence-electron chi connectivity index (χ4n) is 5.26. The molecule has 2 heterocycles. The van der Waals surface area contributed by atoms with E-state index >= 15 is 0 Å². The molecule has 4 rings (SSSR count). The van der Waals surface area contributed by atoms with Crippen LogP contribution in [0.25, 0.3) is 10.9 Å². The molecule has 186 valence electrons. The van der Waals surface area contributed by atoms with Crippen molar-refractivity contribution in [2.24, 2.45) is 0 Å². The first-order valence-corrected chi connectivity index (χ1v) is 17.0. The van der Waals surface area contributed by atoms with Crippen molar-refractivity contribution < 1.29 is 8.42 Å². The zero-order valence-electron chi connectivity index (χ0n) is 21.7. The van der Waals surface area contributed by atoms with E-state index in [2.05, 4.69) is 50.5 Å². The molecule has 1 aromatic heterocycles. The second-order valence-corrected chi connectivity index (χ2v) is 16.8. The number of aromatic nitrogens is 1. The van der Waals surface area contributed by atoms with E-state index in [4.69, 9.17) is 0 Å². The van der Waals surface area contributed by atoms with Gasteiger partial charge in [0, 0.05) is 23.2 Å². The van der Waals surface area contributed by atoms with Crippen molar-refractivity contribution in [3.63, 3.8) is 0 Å². The number of fused-ring (bicyclic) bond motifs is 1. The molecule has 2 unspecified atom stereocenters. The average molecular weight is 507 g/mol. The summed E-state index contributed by atoms with van der Waals surface area (Å²) in [7, 11) is -5.28. The van der Waals surface area contributed by atoms with Crippen LogP contribution in [0.5, 0.6) is 0 Å². The lowest BCUT2D eigenvalue weighted by Crippen LogP contribution is -2.29. The molecular formula is C29H38N2O2SSi. The van der Waals surface area contributed by atoms with E-state index in [1.807, 2.05) is 37.4 Å². The Morgan fingerprint density at radius 3 is 2.37 bits per heavy atom. The molecule has 2 aromatic carbocycles. The van der Waals surface area contributed by atoms with Gasteiger partial charge in [0.2, 0.25) is 0 Å². The highest BCUT2D eigenvalue weighted by atomic mass is 32.2. The van der Waals surface area contributed by atoms with E-state index in [0.717, 1.165) is 65.1 Å². The molecule has 0 saturated carbocycles. The molecule has 1 aliphatic rings. The molecule has 3 aromatic rings. The zero-order valence-corrected chi connectivity index (χ0v) is 23.5. The monoisotopic (exact) mass is 506 g/mol. The van der Waals surface area contributed by atoms with Crippen LogP contribution in [-0.4, -0.2) is 33.1 Å². The van der Waals surface area contributed by atoms with Gasteiger partial charge in [-0.2, -0.15) is 0 Å². The Labute approximate surface area is 212 Å². The topological polar surface area (TPSA) is 51.1 Å². The normalized spacial score (nSPS) is 17.3. The fraction of sp³-hybridized carbons (Fsp3) is 0.448. The van der Waals surface area contributed by atoms with Gasteiger partial charge in [-0.3, -0.25) is 0 Å². The van der Waals surface area contributed by atoms with Crippen molar-refractivity contribution in [3.8, 4) is 11.5 Å². The van der Waals surface area contributed by atoms with Crippen LogP contribution in [0, 0.1) is 18.4 Å². The van der Waals surface area contributed by atoms with E-state index < -0.39 is 18.1 Å². The van der Waals surface area contributed by atoms with Gasteiger partial charge in [0.25, 0.3) is 10.0 Å². The van der Waals surface area contributed by atoms with E-state index in [-0.39, 0.29) is 5.92 Å². The molecule has 0 aliphatic carbocycles. The maximum atomic E-state index is 13.7. The van der Waals surface area contributed by atoms with E-state index in [1.54, 1.807) is 12.1 Å². The molecule has 1 fully saturated rings. The minimum absolute atomic E-state index is 0.202. The molecular weight excluding hydrogens is 468 g/mol. The molecule has 6 heteroatoms. The minimum Gasteiger partial charge on any atom is -0.313 e. The van der Waals surface area contributed by atoms with Crippen LogP contribution in [-0.2, 0) is 10.0 Å². The standard InChI is InChI=1S/C29H38N2O2SSi/c1-6-35(7-2,8-3)19-17-24-13-16-29-26(20-24)27(23(5)28-10-9-18-30-28)21-31(29)34(32,33)25-14-11-22(4)12-15-25/h11-16,20-21,23,28,30H,6-10,18H2,1-5H3. The van der Waals surface area contributed by atoms with Gasteiger partial charge in [-0.05, 0) is 86.3 Å². The summed E-state index contributed by atoms with van der Waals surface area (Å²) in [5, 5.41) is 4.60. The molecule has 0 amide bonds. The third-order valence-electron chi connectivity index (χ3n) is 8.07. The third kappa shape index (κ3) is 5.00. The highest BCUT2D eigenvalue weighted by Gasteiger charge is 2.28. The molecule has 35 heavy (non-hydrogen) atoms. The molecule has 0 bridgehead atoms. The smallest absolute Gasteiger partial charge is 0.268 e. The Morgan fingerprint density at radius 1 is 1.09 bits per heavy atom. The third-order valence-corrected chi connectivity index (χ3v) is 14.5. The van der Waals surface area contributed by atoms with Crippen LogP contribution in [0.15, 0.2) is 53.6 Å². The van der Waals surface area contributed by atoms with Gasteiger partial charge in [-0.1, -0.05) is 51.3 Å². The summed E-state index contributed by atoms with van der Waals surface area (Å²) in [4.78, 5) is 0.312. The molecule has 0 radical (unpaired) electrons. The van der Waals surface area contributed by atoms with Crippen molar-refractivity contribution in [2.45, 2.75) is 82.4 Å². The average Bonchev–Trinajstić information content (AvgIpc) is 3.54. The lowest BCUT2D eigenvalue weighted by Gasteiger charge is -2.20. The number of nitrogens with zero attached hydrogens (tertiary/aromatic N) is 1. The molecule has 1 aliphatic heterocycles. The van der Waals surface area contributed by atoms with Gasteiger partial charge in [-0.25, -0.2) is 12.4 Å². The molecule has 4 nitrogen and oxygen atoms in total. The summed E-state index contributed by atoms with van der Waals surface area (Å²) < 4.78 is 28.9. The largest absolute Gasteiger partial charge is 0.313 e. The van der Waals surface area contributed by atoms with Crippen LogP contribution >= 0.6 is 0 Å². The molecule has 2 atom stereocenters. The molecule has 1 N–H and O–H groups in total. The van der Waals surface area contributed by atoms with Gasteiger partial charge in [-0.15, -0.1) is 5.54 Å². The summed E-state index contributed by atoms with van der Waals surface area (Å²) >= 11 is 0. The maximum Gasteiger partial charge on any atom is 0.268 e. The van der Waals surface area contributed by atoms with Crippen molar-refractivity contribution in [1.82, 2.24) is 9.29 Å². The Bertz CT molecular complexity index is 1350. The highest BCUT2D eigenvalue weighted by Crippen LogP contribution is 2.35. The number of rotatable bonds is 7. The quantitative estimate of drug-likeness (QED) is 0.296. The Balaban J connectivity index is 1.87. The number of nitrogens with one attached hydrogen (secondary N) is 1. The number of hydrogen-bond donors (Lipinski definition) is 1. The van der Waals surface area contributed by atoms with Crippen LogP contribution in [0.4, 0.5) is 0 Å². The number of benzene rings is 2. The van der Waals surface area contributed by atoms with Crippen LogP contribution in [0.3, 0.4) is 0 Å². The van der Waals surface area contributed by atoms with Gasteiger partial charge in [0.1, 0.15) is 8.07 Å². The Morgan fingerprint density at radius 2 is 1.77 bits per heavy atom. The zero-order chi connectivity index (χ0) is 25.2. The second kappa shape index (κ2) is 10.3. The van der Waals surface area contributed by atoms with Crippen molar-refractivity contribution in [3.05, 3.63) is 65.4 Å². The van der Waals surface area contributed by atoms with Crippen molar-refractivity contribution in [1.29, 1.82) is 0 Å². The highest BCUT2D eigenvalue weighted by molar-refractivity contribution is 7.90. The summed E-state index contributed by atoms with van der Waals surface area (Å²) in [5.74, 6) is 3.69.